The fourth-order valence-electron chi connectivity index (χ4n) is 5.43. The molecule has 0 atom stereocenters. The fourth-order valence-corrected chi connectivity index (χ4v) is 5.43. The van der Waals surface area contributed by atoms with Crippen molar-refractivity contribution in [2.24, 2.45) is 0 Å². The van der Waals surface area contributed by atoms with Gasteiger partial charge in [0.1, 0.15) is 24.0 Å². The minimum atomic E-state index is -0.622. The summed E-state index contributed by atoms with van der Waals surface area (Å²) in [6.07, 6.45) is 0. The van der Waals surface area contributed by atoms with Crippen molar-refractivity contribution in [3.8, 4) is 17.2 Å². The largest absolute Gasteiger partial charge is 0.507 e. The number of piperazine rings is 1. The first kappa shape index (κ1) is 34.2. The highest BCUT2D eigenvalue weighted by atomic mass is 16.5. The standard InChI is InChI=1S/C35H38N4O9/c40-17-24-12-22(13-25(18-41)32(24)44)34(46)36-28-6-7-31(48-21-38-8-10-39(11-9-38)29-4-2-1-3-5-29)30(16-28)37-35(47)23-14-26(19-42)33(45)27(15-23)20-43/h1-7,12-16,40-45H,8-11,17-21H2,(H,36,46)(H,37,47). The van der Waals surface area contributed by atoms with Crippen molar-refractivity contribution in [1.29, 1.82) is 0 Å². The molecule has 4 aromatic carbocycles. The molecule has 8 N–H and O–H groups in total. The molecule has 0 aromatic heterocycles. The number of hydrogen-bond acceptors (Lipinski definition) is 11. The van der Waals surface area contributed by atoms with Crippen LogP contribution in [0, 0.1) is 0 Å². The fraction of sp³-hybridized carbons (Fsp3) is 0.257. The molecule has 1 fully saturated rings. The predicted molar refractivity (Wildman–Crippen MR) is 178 cm³/mol. The van der Waals surface area contributed by atoms with E-state index in [0.717, 1.165) is 31.9 Å². The van der Waals surface area contributed by atoms with E-state index in [2.05, 4.69) is 32.6 Å². The van der Waals surface area contributed by atoms with Crippen LogP contribution in [0.2, 0.25) is 0 Å². The van der Waals surface area contributed by atoms with Crippen LogP contribution in [0.1, 0.15) is 43.0 Å². The van der Waals surface area contributed by atoms with Gasteiger partial charge in [0.25, 0.3) is 11.8 Å². The summed E-state index contributed by atoms with van der Waals surface area (Å²) in [6.45, 7) is 1.11. The summed E-state index contributed by atoms with van der Waals surface area (Å²) in [5.74, 6) is -1.51. The number of hydrogen-bond donors (Lipinski definition) is 8. The summed E-state index contributed by atoms with van der Waals surface area (Å²) >= 11 is 0. The van der Waals surface area contributed by atoms with Crippen LogP contribution in [0.25, 0.3) is 0 Å². The highest BCUT2D eigenvalue weighted by molar-refractivity contribution is 6.07. The van der Waals surface area contributed by atoms with E-state index in [1.165, 1.54) is 30.3 Å². The lowest BCUT2D eigenvalue weighted by atomic mass is 10.0. The topological polar surface area (TPSA) is 195 Å². The monoisotopic (exact) mass is 658 g/mol. The molecular formula is C35H38N4O9. The van der Waals surface area contributed by atoms with Gasteiger partial charge < -0.3 is 50.9 Å². The van der Waals surface area contributed by atoms with Crippen LogP contribution in [-0.4, -0.2) is 80.3 Å². The van der Waals surface area contributed by atoms with Gasteiger partial charge in [-0.15, -0.1) is 0 Å². The summed E-state index contributed by atoms with van der Waals surface area (Å²) < 4.78 is 6.16. The highest BCUT2D eigenvalue weighted by Gasteiger charge is 2.21. The summed E-state index contributed by atoms with van der Waals surface area (Å²) in [5, 5.41) is 64.4. The molecule has 13 nitrogen and oxygen atoms in total. The number of ether oxygens (including phenoxy) is 1. The van der Waals surface area contributed by atoms with Gasteiger partial charge in [0.15, 0.2) is 0 Å². The van der Waals surface area contributed by atoms with E-state index in [1.54, 1.807) is 12.1 Å². The molecule has 0 radical (unpaired) electrons. The van der Waals surface area contributed by atoms with E-state index < -0.39 is 38.2 Å². The Hall–Kier alpha value is -5.18. The zero-order valence-electron chi connectivity index (χ0n) is 26.1. The minimum absolute atomic E-state index is 0.0653. The van der Waals surface area contributed by atoms with E-state index in [-0.39, 0.29) is 63.0 Å². The Morgan fingerprint density at radius 3 is 1.65 bits per heavy atom. The number of amides is 2. The normalized spacial score (nSPS) is 13.3. The number of aliphatic hydroxyl groups is 4. The maximum atomic E-state index is 13.4. The van der Waals surface area contributed by atoms with Crippen molar-refractivity contribution in [2.45, 2.75) is 26.4 Å². The molecule has 2 amide bonds. The third-order valence-corrected chi connectivity index (χ3v) is 8.12. The Morgan fingerprint density at radius 2 is 1.15 bits per heavy atom. The van der Waals surface area contributed by atoms with Crippen LogP contribution in [0.3, 0.4) is 0 Å². The average molecular weight is 659 g/mol. The first-order valence-corrected chi connectivity index (χ1v) is 15.3. The van der Waals surface area contributed by atoms with Gasteiger partial charge in [-0.25, -0.2) is 0 Å². The van der Waals surface area contributed by atoms with Gasteiger partial charge in [0.05, 0.1) is 32.1 Å². The van der Waals surface area contributed by atoms with Crippen LogP contribution < -0.4 is 20.3 Å². The van der Waals surface area contributed by atoms with Crippen molar-refractivity contribution >= 4 is 28.9 Å². The van der Waals surface area contributed by atoms with Gasteiger partial charge in [0, 0.05) is 70.9 Å². The van der Waals surface area contributed by atoms with Gasteiger partial charge in [-0.3, -0.25) is 14.5 Å². The Morgan fingerprint density at radius 1 is 0.646 bits per heavy atom. The summed E-state index contributed by atoms with van der Waals surface area (Å²) in [6, 6.07) is 20.0. The van der Waals surface area contributed by atoms with Crippen LogP contribution in [0.4, 0.5) is 17.1 Å². The number of benzene rings is 4. The Labute approximate surface area is 276 Å². The van der Waals surface area contributed by atoms with Crippen molar-refractivity contribution in [3.05, 3.63) is 106 Å². The molecule has 5 rings (SSSR count). The molecule has 1 aliphatic heterocycles. The van der Waals surface area contributed by atoms with Crippen LogP contribution in [0.15, 0.2) is 72.8 Å². The van der Waals surface area contributed by atoms with Crippen molar-refractivity contribution in [2.75, 3.05) is 48.4 Å². The van der Waals surface area contributed by atoms with Gasteiger partial charge in [-0.05, 0) is 54.6 Å². The first-order chi connectivity index (χ1) is 23.2. The minimum Gasteiger partial charge on any atom is -0.507 e. The number of aliphatic hydroxyl groups excluding tert-OH is 4. The summed E-state index contributed by atoms with van der Waals surface area (Å²) in [7, 11) is 0. The molecule has 0 bridgehead atoms. The Bertz CT molecular complexity index is 1710. The molecule has 1 saturated heterocycles. The van der Waals surface area contributed by atoms with Crippen molar-refractivity contribution in [3.63, 3.8) is 0 Å². The van der Waals surface area contributed by atoms with E-state index in [4.69, 9.17) is 4.74 Å². The quantitative estimate of drug-likeness (QED) is 0.112. The SMILES string of the molecule is O=C(Nc1ccc(OCN2CCN(c3ccccc3)CC2)c(NC(=O)c2cc(CO)c(O)c(CO)c2)c1)c1cc(CO)c(O)c(CO)c1. The highest BCUT2D eigenvalue weighted by Crippen LogP contribution is 2.32. The average Bonchev–Trinajstić information content (AvgIpc) is 3.12. The number of phenols is 2. The third-order valence-electron chi connectivity index (χ3n) is 8.12. The molecule has 252 valence electrons. The zero-order chi connectivity index (χ0) is 34.2. The van der Waals surface area contributed by atoms with Crippen LogP contribution in [0.5, 0.6) is 17.2 Å². The van der Waals surface area contributed by atoms with Gasteiger partial charge in [0.2, 0.25) is 0 Å². The molecule has 13 heteroatoms. The number of anilines is 3. The molecule has 4 aromatic rings. The van der Waals surface area contributed by atoms with Crippen molar-refractivity contribution in [1.82, 2.24) is 4.90 Å². The zero-order valence-corrected chi connectivity index (χ0v) is 26.1. The van der Waals surface area contributed by atoms with E-state index >= 15 is 0 Å². The lowest BCUT2D eigenvalue weighted by Gasteiger charge is -2.35. The lowest BCUT2D eigenvalue weighted by molar-refractivity contribution is 0.101. The molecule has 0 aliphatic carbocycles. The number of nitrogens with zero attached hydrogens (tertiary/aromatic N) is 2. The molecular weight excluding hydrogens is 620 g/mol. The maximum absolute atomic E-state index is 13.4. The molecule has 48 heavy (non-hydrogen) atoms. The van der Waals surface area contributed by atoms with Crippen LogP contribution >= 0.6 is 0 Å². The van der Waals surface area contributed by atoms with E-state index in [0.29, 0.717) is 5.75 Å². The second kappa shape index (κ2) is 15.6. The van der Waals surface area contributed by atoms with Crippen molar-refractivity contribution < 1.29 is 45.0 Å². The number of rotatable bonds is 12. The molecule has 0 saturated carbocycles. The van der Waals surface area contributed by atoms with E-state index in [1.807, 2.05) is 18.2 Å². The second-order valence-electron chi connectivity index (χ2n) is 11.3. The molecule has 1 aliphatic rings. The Balaban J connectivity index is 1.37. The van der Waals surface area contributed by atoms with Crippen LogP contribution in [-0.2, 0) is 26.4 Å². The summed E-state index contributed by atoms with van der Waals surface area (Å²) in [4.78, 5) is 31.0. The molecule has 0 unspecified atom stereocenters. The number of carbonyl (C=O) groups is 2. The predicted octanol–water partition coefficient (Wildman–Crippen LogP) is 2.73. The smallest absolute Gasteiger partial charge is 0.255 e. The molecule has 1 heterocycles. The number of nitrogens with one attached hydrogen (secondary N) is 2. The number of carbonyl (C=O) groups excluding carboxylic acids is 2. The van der Waals surface area contributed by atoms with Gasteiger partial charge in [-0.1, -0.05) is 18.2 Å². The Kier molecular flexibility index (Phi) is 11.1. The maximum Gasteiger partial charge on any atom is 0.255 e. The number of aromatic hydroxyl groups is 2. The second-order valence-corrected chi connectivity index (χ2v) is 11.3. The van der Waals surface area contributed by atoms with Gasteiger partial charge in [-0.2, -0.15) is 0 Å². The first-order valence-electron chi connectivity index (χ1n) is 15.3. The lowest BCUT2D eigenvalue weighted by Crippen LogP contribution is -2.47. The molecule has 0 spiro atoms. The number of para-hydroxylation sites is 1. The third kappa shape index (κ3) is 7.85. The van der Waals surface area contributed by atoms with E-state index in [9.17, 15) is 40.2 Å². The van der Waals surface area contributed by atoms with Gasteiger partial charge >= 0.3 is 0 Å². The summed E-state index contributed by atoms with van der Waals surface area (Å²) in [5.41, 5.74) is 2.07.